The number of hydrogen-bond acceptors (Lipinski definition) is 6. The molecule has 0 bridgehead atoms. The van der Waals surface area contributed by atoms with Gasteiger partial charge in [-0.05, 0) is 68.0 Å². The van der Waals surface area contributed by atoms with E-state index in [2.05, 4.69) is 5.32 Å². The van der Waals surface area contributed by atoms with Crippen LogP contribution in [0, 0.1) is 18.3 Å². The smallest absolute Gasteiger partial charge is 0.339 e. The Kier molecular flexibility index (Phi) is 8.41. The normalized spacial score (nSPS) is 11.5. The lowest BCUT2D eigenvalue weighted by Gasteiger charge is -2.13. The molecule has 7 nitrogen and oxygen atoms in total. The van der Waals surface area contributed by atoms with E-state index in [1.807, 2.05) is 13.0 Å². The van der Waals surface area contributed by atoms with Gasteiger partial charge in [-0.2, -0.15) is 13.7 Å². The lowest BCUT2D eigenvalue weighted by Crippen LogP contribution is -2.13. The third-order valence-electron chi connectivity index (χ3n) is 4.63. The van der Waals surface area contributed by atoms with E-state index in [4.69, 9.17) is 32.1 Å². The Balaban J connectivity index is 1.87. The summed E-state index contributed by atoms with van der Waals surface area (Å²) in [5.41, 5.74) is 1.51. The highest BCUT2D eigenvalue weighted by Crippen LogP contribution is 2.32. The Morgan fingerprint density at radius 1 is 1.03 bits per heavy atom. The number of nitrogens with one attached hydrogen (secondary N) is 1. The van der Waals surface area contributed by atoms with Gasteiger partial charge in [0.25, 0.3) is 5.91 Å². The molecule has 0 aliphatic carbocycles. The zero-order valence-electron chi connectivity index (χ0n) is 18.7. The fourth-order valence-electron chi connectivity index (χ4n) is 2.91. The molecule has 0 spiro atoms. The van der Waals surface area contributed by atoms with Crippen molar-refractivity contribution >= 4 is 51.0 Å². The van der Waals surface area contributed by atoms with Crippen molar-refractivity contribution < 1.29 is 22.1 Å². The van der Waals surface area contributed by atoms with Gasteiger partial charge >= 0.3 is 10.1 Å². The van der Waals surface area contributed by atoms with Gasteiger partial charge in [0.15, 0.2) is 11.5 Å². The maximum atomic E-state index is 12.7. The Bertz CT molecular complexity index is 1430. The summed E-state index contributed by atoms with van der Waals surface area (Å²) in [6.45, 7) is 3.81. The molecule has 0 atom stereocenters. The molecule has 3 aromatic rings. The number of nitrogens with zero attached hydrogens (tertiary/aromatic N) is 1. The van der Waals surface area contributed by atoms with E-state index in [0.717, 1.165) is 5.56 Å². The quantitative estimate of drug-likeness (QED) is 0.217. The molecule has 0 aliphatic rings. The number of nitriles is 1. The minimum atomic E-state index is -4.10. The Hall–Kier alpha value is -3.51. The first-order chi connectivity index (χ1) is 16.6. The second kappa shape index (κ2) is 11.3. The Morgan fingerprint density at radius 3 is 2.37 bits per heavy atom. The number of benzene rings is 3. The van der Waals surface area contributed by atoms with Gasteiger partial charge in [0.2, 0.25) is 0 Å². The molecule has 0 saturated carbocycles. The van der Waals surface area contributed by atoms with Gasteiger partial charge in [0.05, 0.1) is 16.7 Å². The van der Waals surface area contributed by atoms with Gasteiger partial charge in [0.1, 0.15) is 16.5 Å². The Morgan fingerprint density at radius 2 is 1.74 bits per heavy atom. The van der Waals surface area contributed by atoms with E-state index in [9.17, 15) is 18.5 Å². The highest BCUT2D eigenvalue weighted by Gasteiger charge is 2.20. The van der Waals surface area contributed by atoms with Crippen LogP contribution in [-0.2, 0) is 14.9 Å². The molecule has 0 aromatic heterocycles. The molecule has 1 N–H and O–H groups in total. The van der Waals surface area contributed by atoms with Crippen molar-refractivity contribution in [2.75, 3.05) is 11.9 Å². The molecule has 1 amide bonds. The second-order valence-corrected chi connectivity index (χ2v) is 9.60. The number of hydrogen-bond donors (Lipinski definition) is 1. The van der Waals surface area contributed by atoms with Crippen LogP contribution in [0.4, 0.5) is 5.69 Å². The van der Waals surface area contributed by atoms with Crippen molar-refractivity contribution in [3.63, 3.8) is 0 Å². The summed E-state index contributed by atoms with van der Waals surface area (Å²) in [5, 5.41) is 12.7. The van der Waals surface area contributed by atoms with E-state index >= 15 is 0 Å². The van der Waals surface area contributed by atoms with Crippen LogP contribution in [0.5, 0.6) is 11.5 Å². The molecule has 0 radical (unpaired) electrons. The van der Waals surface area contributed by atoms with E-state index in [-0.39, 0.29) is 33.6 Å². The van der Waals surface area contributed by atoms with Crippen molar-refractivity contribution in [3.8, 4) is 17.6 Å². The third kappa shape index (κ3) is 6.76. The Labute approximate surface area is 213 Å². The molecule has 180 valence electrons. The van der Waals surface area contributed by atoms with Gasteiger partial charge in [-0.1, -0.05) is 47.0 Å². The first-order valence-electron chi connectivity index (χ1n) is 10.3. The first kappa shape index (κ1) is 26.1. The lowest BCUT2D eigenvalue weighted by molar-refractivity contribution is -0.112. The fraction of sp³-hybridized carbons (Fsp3) is 0.120. The number of rotatable bonds is 8. The molecular formula is C25H20Cl2N2O5S. The van der Waals surface area contributed by atoms with Gasteiger partial charge in [0, 0.05) is 5.69 Å². The van der Waals surface area contributed by atoms with Crippen LogP contribution in [0.2, 0.25) is 10.0 Å². The number of ether oxygens (including phenoxy) is 1. The minimum absolute atomic E-state index is 0.000242. The topological polar surface area (TPSA) is 105 Å². The van der Waals surface area contributed by atoms with Crippen molar-refractivity contribution in [3.05, 3.63) is 87.4 Å². The highest BCUT2D eigenvalue weighted by molar-refractivity contribution is 7.87. The summed E-state index contributed by atoms with van der Waals surface area (Å²) in [6.07, 6.45) is 1.34. The zero-order valence-corrected chi connectivity index (χ0v) is 21.0. The largest absolute Gasteiger partial charge is 0.490 e. The van der Waals surface area contributed by atoms with Crippen LogP contribution < -0.4 is 14.2 Å². The minimum Gasteiger partial charge on any atom is -0.490 e. The maximum absolute atomic E-state index is 12.7. The standard InChI is InChI=1S/C25H20Cl2N2O5S/c1-3-33-24-13-17(6-11-23(24)34-35(31,32)20-8-4-16(2)5-9-20)12-18(15-28)25(30)29-19-7-10-21(26)22(27)14-19/h4-14H,3H2,1-2H3,(H,29,30)/b18-12-. The number of carbonyl (C=O) groups is 1. The summed E-state index contributed by atoms with van der Waals surface area (Å²) >= 11 is 11.8. The van der Waals surface area contributed by atoms with Gasteiger partial charge in [-0.25, -0.2) is 0 Å². The SMILES string of the molecule is CCOc1cc(/C=C(/C#N)C(=O)Nc2ccc(Cl)c(Cl)c2)ccc1OS(=O)(=O)c1ccc(C)cc1. The molecule has 10 heteroatoms. The van der Waals surface area contributed by atoms with Crippen LogP contribution in [0.25, 0.3) is 6.08 Å². The molecule has 0 unspecified atom stereocenters. The van der Waals surface area contributed by atoms with Gasteiger partial charge < -0.3 is 14.2 Å². The summed E-state index contributed by atoms with van der Waals surface area (Å²) < 4.78 is 36.2. The molecular weight excluding hydrogens is 511 g/mol. The van der Waals surface area contributed by atoms with Gasteiger partial charge in [-0.15, -0.1) is 0 Å². The first-order valence-corrected chi connectivity index (χ1v) is 12.5. The summed E-state index contributed by atoms with van der Waals surface area (Å²) in [7, 11) is -4.10. The van der Waals surface area contributed by atoms with Crippen LogP contribution in [0.1, 0.15) is 18.1 Å². The highest BCUT2D eigenvalue weighted by atomic mass is 35.5. The fourth-order valence-corrected chi connectivity index (χ4v) is 4.15. The van der Waals surface area contributed by atoms with Crippen LogP contribution >= 0.6 is 23.2 Å². The van der Waals surface area contributed by atoms with Crippen LogP contribution in [-0.4, -0.2) is 20.9 Å². The lowest BCUT2D eigenvalue weighted by atomic mass is 10.1. The number of amides is 1. The van der Waals surface area contributed by atoms with Crippen molar-refractivity contribution in [1.29, 1.82) is 5.26 Å². The third-order valence-corrected chi connectivity index (χ3v) is 6.62. The van der Waals surface area contributed by atoms with Crippen molar-refractivity contribution in [2.24, 2.45) is 0 Å². The average molecular weight is 531 g/mol. The average Bonchev–Trinajstić information content (AvgIpc) is 2.81. The molecule has 3 rings (SSSR count). The number of carbonyl (C=O) groups excluding carboxylic acids is 1. The summed E-state index contributed by atoms with van der Waals surface area (Å²) in [5.74, 6) is -0.548. The molecule has 0 fully saturated rings. The number of halogens is 2. The van der Waals surface area contributed by atoms with Crippen LogP contribution in [0.3, 0.4) is 0 Å². The van der Waals surface area contributed by atoms with Gasteiger partial charge in [-0.3, -0.25) is 4.79 Å². The predicted octanol–water partition coefficient (Wildman–Crippen LogP) is 6.01. The molecule has 0 saturated heterocycles. The van der Waals surface area contributed by atoms with E-state index in [1.54, 1.807) is 25.1 Å². The monoisotopic (exact) mass is 530 g/mol. The second-order valence-electron chi connectivity index (χ2n) is 7.24. The summed E-state index contributed by atoms with van der Waals surface area (Å²) in [6, 6.07) is 17.0. The molecule has 0 heterocycles. The van der Waals surface area contributed by atoms with Crippen molar-refractivity contribution in [1.82, 2.24) is 0 Å². The summed E-state index contributed by atoms with van der Waals surface area (Å²) in [4.78, 5) is 12.6. The maximum Gasteiger partial charge on any atom is 0.339 e. The molecule has 35 heavy (non-hydrogen) atoms. The van der Waals surface area contributed by atoms with Crippen molar-refractivity contribution in [2.45, 2.75) is 18.7 Å². The molecule has 0 aliphatic heterocycles. The predicted molar refractivity (Wildman–Crippen MR) is 135 cm³/mol. The zero-order chi connectivity index (χ0) is 25.6. The van der Waals surface area contributed by atoms with E-state index in [0.29, 0.717) is 16.3 Å². The number of anilines is 1. The number of aryl methyl sites for hydroxylation is 1. The molecule has 3 aromatic carbocycles. The van der Waals surface area contributed by atoms with E-state index < -0.39 is 16.0 Å². The van der Waals surface area contributed by atoms with E-state index in [1.165, 1.54) is 48.5 Å². The van der Waals surface area contributed by atoms with Crippen LogP contribution in [0.15, 0.2) is 71.1 Å².